The molecule has 0 aliphatic carbocycles. The third kappa shape index (κ3) is 4.72. The molecule has 1 aliphatic heterocycles. The van der Waals surface area contributed by atoms with E-state index in [-0.39, 0.29) is 23.9 Å². The largest absolute Gasteiger partial charge is 0.466 e. The number of fused-ring (bicyclic) bond motifs is 1. The number of carbonyl (C=O) groups excluding carboxylic acids is 1. The number of nitrogens with zero attached hydrogens (tertiary/aromatic N) is 2. The molecule has 0 saturated heterocycles. The zero-order chi connectivity index (χ0) is 19.8. The maximum Gasteiger partial charge on any atom is 0.466 e. The van der Waals surface area contributed by atoms with Crippen LogP contribution in [0.4, 0.5) is 5.69 Å². The van der Waals surface area contributed by atoms with Crippen molar-refractivity contribution in [2.24, 2.45) is 5.16 Å². The van der Waals surface area contributed by atoms with Crippen molar-refractivity contribution in [3.63, 3.8) is 0 Å². The maximum absolute atomic E-state index is 13.0. The Labute approximate surface area is 179 Å². The van der Waals surface area contributed by atoms with E-state index >= 15 is 0 Å². The number of anilines is 1. The zero-order valence-electron chi connectivity index (χ0n) is 13.4. The highest BCUT2D eigenvalue weighted by atomic mass is 127. The van der Waals surface area contributed by atoms with Crippen LogP contribution in [0.5, 0.6) is 0 Å². The van der Waals surface area contributed by atoms with Gasteiger partial charge in [0.2, 0.25) is 0 Å². The lowest BCUT2D eigenvalue weighted by atomic mass is 9.99. The number of hydrogen-bond donors (Lipinski definition) is 1. The van der Waals surface area contributed by atoms with Crippen LogP contribution in [0.15, 0.2) is 41.6 Å². The standard InChI is InChI=1S/C16H11Cl2IN2O5S/c17-9-1-3-11(13(18)7-9)16(22)21-6-5-14(20-26-27(23,24)25)12-4-2-10(19)8-15(12)21/h1-4,7-8H,5-6H2,(H,23,24,25)/b20-14+. The van der Waals surface area contributed by atoms with Crippen molar-refractivity contribution in [3.05, 3.63) is 61.1 Å². The Morgan fingerprint density at radius 3 is 2.63 bits per heavy atom. The zero-order valence-corrected chi connectivity index (χ0v) is 17.9. The van der Waals surface area contributed by atoms with Crippen LogP contribution in [-0.4, -0.2) is 31.1 Å². The van der Waals surface area contributed by atoms with E-state index < -0.39 is 10.4 Å². The highest BCUT2D eigenvalue weighted by Gasteiger charge is 2.29. The van der Waals surface area contributed by atoms with Gasteiger partial charge in [0.25, 0.3) is 5.91 Å². The first-order valence-corrected chi connectivity index (χ1v) is 10.7. The maximum atomic E-state index is 13.0. The van der Waals surface area contributed by atoms with Crippen LogP contribution < -0.4 is 4.90 Å². The van der Waals surface area contributed by atoms with Crippen LogP contribution in [0.3, 0.4) is 0 Å². The van der Waals surface area contributed by atoms with Crippen LogP contribution in [0.25, 0.3) is 0 Å². The first kappa shape index (κ1) is 20.3. The summed E-state index contributed by atoms with van der Waals surface area (Å²) in [7, 11) is -4.72. The quantitative estimate of drug-likeness (QED) is 0.358. The van der Waals surface area contributed by atoms with Gasteiger partial charge >= 0.3 is 10.4 Å². The number of amides is 1. The lowest BCUT2D eigenvalue weighted by Gasteiger charge is -2.30. The molecule has 0 spiro atoms. The normalized spacial score (nSPS) is 15.6. The average molecular weight is 541 g/mol. The smallest absolute Gasteiger partial charge is 0.307 e. The highest BCUT2D eigenvalue weighted by molar-refractivity contribution is 14.1. The fourth-order valence-corrected chi connectivity index (χ4v) is 3.80. The molecule has 2 aromatic carbocycles. The van der Waals surface area contributed by atoms with Crippen LogP contribution in [-0.2, 0) is 14.7 Å². The molecule has 11 heteroatoms. The van der Waals surface area contributed by atoms with E-state index in [1.54, 1.807) is 30.3 Å². The van der Waals surface area contributed by atoms with E-state index in [1.165, 1.54) is 11.0 Å². The number of halogens is 3. The molecular weight excluding hydrogens is 530 g/mol. The summed E-state index contributed by atoms with van der Waals surface area (Å²) >= 11 is 14.1. The molecule has 0 unspecified atom stereocenters. The molecule has 0 atom stereocenters. The monoisotopic (exact) mass is 540 g/mol. The summed E-state index contributed by atoms with van der Waals surface area (Å²) in [5, 5.41) is 4.16. The Kier molecular flexibility index (Phi) is 5.96. The highest BCUT2D eigenvalue weighted by Crippen LogP contribution is 2.32. The molecule has 1 N–H and O–H groups in total. The number of hydrogen-bond acceptors (Lipinski definition) is 5. The van der Waals surface area contributed by atoms with Crippen molar-refractivity contribution in [1.29, 1.82) is 0 Å². The molecule has 2 aromatic rings. The molecule has 27 heavy (non-hydrogen) atoms. The van der Waals surface area contributed by atoms with E-state index in [1.807, 2.05) is 0 Å². The SMILES string of the molecule is O=C(c1ccc(Cl)cc1Cl)N1CC/C(=N\OS(=O)(=O)O)c2ccc(I)cc21. The predicted octanol–water partition coefficient (Wildman–Crippen LogP) is 4.17. The van der Waals surface area contributed by atoms with Crippen molar-refractivity contribution in [3.8, 4) is 0 Å². The molecule has 142 valence electrons. The van der Waals surface area contributed by atoms with Gasteiger partial charge in [0.15, 0.2) is 0 Å². The Hall–Kier alpha value is -1.40. The van der Waals surface area contributed by atoms with Gasteiger partial charge < -0.3 is 4.90 Å². The van der Waals surface area contributed by atoms with Gasteiger partial charge in [-0.25, -0.2) is 4.28 Å². The Morgan fingerprint density at radius 2 is 1.96 bits per heavy atom. The van der Waals surface area contributed by atoms with Crippen molar-refractivity contribution in [1.82, 2.24) is 0 Å². The summed E-state index contributed by atoms with van der Waals surface area (Å²) in [5.41, 5.74) is 1.64. The minimum atomic E-state index is -4.72. The number of oxime groups is 1. The second kappa shape index (κ2) is 7.92. The summed E-state index contributed by atoms with van der Waals surface area (Å²) in [6.07, 6.45) is 0.222. The molecule has 0 bridgehead atoms. The van der Waals surface area contributed by atoms with Gasteiger partial charge in [0, 0.05) is 27.1 Å². The minimum Gasteiger partial charge on any atom is -0.307 e. The number of rotatable bonds is 3. The second-order valence-corrected chi connectivity index (χ2v) is 8.63. The molecule has 1 amide bonds. The molecule has 1 heterocycles. The van der Waals surface area contributed by atoms with Crippen molar-refractivity contribution in [2.45, 2.75) is 6.42 Å². The molecule has 0 aromatic heterocycles. The summed E-state index contributed by atoms with van der Waals surface area (Å²) < 4.78 is 35.3. The van der Waals surface area contributed by atoms with Gasteiger partial charge in [-0.05, 0) is 59.0 Å². The summed E-state index contributed by atoms with van der Waals surface area (Å²) in [6, 6.07) is 9.86. The van der Waals surface area contributed by atoms with Gasteiger partial charge in [0.1, 0.15) is 0 Å². The molecule has 7 nitrogen and oxygen atoms in total. The fraction of sp³-hybridized carbons (Fsp3) is 0.125. The molecule has 1 aliphatic rings. The van der Waals surface area contributed by atoms with Gasteiger partial charge in [-0.15, -0.1) is 0 Å². The molecule has 3 rings (SSSR count). The molecular formula is C16H11Cl2IN2O5S. The summed E-state index contributed by atoms with van der Waals surface area (Å²) in [5.74, 6) is -0.324. The minimum absolute atomic E-state index is 0.221. The van der Waals surface area contributed by atoms with E-state index in [9.17, 15) is 13.2 Å². The third-order valence-corrected chi connectivity index (χ3v) is 5.26. The van der Waals surface area contributed by atoms with Crippen LogP contribution in [0, 0.1) is 3.57 Å². The molecule has 0 radical (unpaired) electrons. The molecule has 0 fully saturated rings. The fourth-order valence-electron chi connectivity index (χ4n) is 2.65. The number of carbonyl (C=O) groups is 1. The van der Waals surface area contributed by atoms with Gasteiger partial charge in [-0.2, -0.15) is 8.42 Å². The first-order chi connectivity index (χ1) is 12.7. The number of benzene rings is 2. The van der Waals surface area contributed by atoms with Crippen LogP contribution in [0.1, 0.15) is 22.3 Å². The van der Waals surface area contributed by atoms with E-state index in [0.29, 0.717) is 27.5 Å². The van der Waals surface area contributed by atoms with E-state index in [2.05, 4.69) is 32.0 Å². The first-order valence-electron chi connectivity index (χ1n) is 7.45. The Morgan fingerprint density at radius 1 is 1.22 bits per heavy atom. The topological polar surface area (TPSA) is 96.3 Å². The van der Waals surface area contributed by atoms with Gasteiger partial charge in [-0.3, -0.25) is 9.35 Å². The van der Waals surface area contributed by atoms with E-state index in [0.717, 1.165) is 3.57 Å². The Bertz CT molecular complexity index is 1060. The van der Waals surface area contributed by atoms with Crippen molar-refractivity contribution in [2.75, 3.05) is 11.4 Å². The van der Waals surface area contributed by atoms with Crippen LogP contribution >= 0.6 is 45.8 Å². The average Bonchev–Trinajstić information content (AvgIpc) is 2.58. The lowest BCUT2D eigenvalue weighted by molar-refractivity contribution is 0.0987. The third-order valence-electron chi connectivity index (χ3n) is 3.78. The van der Waals surface area contributed by atoms with E-state index in [4.69, 9.17) is 27.8 Å². The predicted molar refractivity (Wildman–Crippen MR) is 111 cm³/mol. The van der Waals surface area contributed by atoms with Crippen molar-refractivity contribution < 1.29 is 22.0 Å². The summed E-state index contributed by atoms with van der Waals surface area (Å²) in [4.78, 5) is 14.5. The summed E-state index contributed by atoms with van der Waals surface area (Å²) in [6.45, 7) is 0.221. The van der Waals surface area contributed by atoms with Crippen LogP contribution in [0.2, 0.25) is 10.0 Å². The molecule has 0 saturated carbocycles. The second-order valence-electron chi connectivity index (χ2n) is 5.53. The lowest BCUT2D eigenvalue weighted by Crippen LogP contribution is -2.38. The Balaban J connectivity index is 2.03. The van der Waals surface area contributed by atoms with Crippen molar-refractivity contribution >= 4 is 73.5 Å². The van der Waals surface area contributed by atoms with Gasteiger partial charge in [-0.1, -0.05) is 28.4 Å². The van der Waals surface area contributed by atoms with Gasteiger partial charge in [0.05, 0.1) is 22.0 Å².